The largest absolute Gasteiger partial charge is 0.480 e. The first-order chi connectivity index (χ1) is 10.7. The van der Waals surface area contributed by atoms with Crippen molar-refractivity contribution in [1.29, 1.82) is 0 Å². The summed E-state index contributed by atoms with van der Waals surface area (Å²) in [6.07, 6.45) is 3.67. The van der Waals surface area contributed by atoms with Gasteiger partial charge in [0.05, 0.1) is 5.69 Å². The zero-order valence-corrected chi connectivity index (χ0v) is 11.8. The van der Waals surface area contributed by atoms with Gasteiger partial charge in [-0.2, -0.15) is 0 Å². The molecule has 7 nitrogen and oxygen atoms in total. The van der Waals surface area contributed by atoms with Crippen LogP contribution in [0.2, 0.25) is 0 Å². The van der Waals surface area contributed by atoms with Crippen molar-refractivity contribution in [3.05, 3.63) is 36.2 Å². The Hall–Kier alpha value is -2.70. The number of rotatable bonds is 3. The van der Waals surface area contributed by atoms with Crippen LogP contribution in [0.4, 0.5) is 0 Å². The Bertz CT molecular complexity index is 683. The van der Waals surface area contributed by atoms with Crippen LogP contribution in [0, 0.1) is 0 Å². The summed E-state index contributed by atoms with van der Waals surface area (Å²) in [5.74, 6) is -1.40. The standard InChI is InChI=1S/C15H15N3O4/c19-14(18-8-4-2-6-12(18)15(20)21)13-9-11(17-22-13)10-5-1-3-7-16-10/h1,3,5,7,9,12H,2,4,6,8H2,(H,20,21). The van der Waals surface area contributed by atoms with Crippen molar-refractivity contribution in [3.63, 3.8) is 0 Å². The molecule has 1 atom stereocenters. The SMILES string of the molecule is O=C(O)C1CCCCN1C(=O)c1cc(-c2ccccn2)no1. The van der Waals surface area contributed by atoms with Crippen LogP contribution in [-0.4, -0.2) is 44.6 Å². The number of carbonyl (C=O) groups excluding carboxylic acids is 1. The minimum atomic E-state index is -0.988. The van der Waals surface area contributed by atoms with Gasteiger partial charge in [0.15, 0.2) is 0 Å². The molecule has 3 rings (SSSR count). The predicted octanol–water partition coefficient (Wildman–Crippen LogP) is 1.82. The highest BCUT2D eigenvalue weighted by Gasteiger charge is 2.34. The summed E-state index contributed by atoms with van der Waals surface area (Å²) in [5.41, 5.74) is 1.05. The van der Waals surface area contributed by atoms with Crippen molar-refractivity contribution in [2.24, 2.45) is 0 Å². The summed E-state index contributed by atoms with van der Waals surface area (Å²) in [6.45, 7) is 0.412. The second-order valence-electron chi connectivity index (χ2n) is 5.14. The van der Waals surface area contributed by atoms with E-state index < -0.39 is 17.9 Å². The lowest BCUT2D eigenvalue weighted by atomic mass is 10.0. The Labute approximate surface area is 126 Å². The Kier molecular flexibility index (Phi) is 3.86. The van der Waals surface area contributed by atoms with E-state index in [-0.39, 0.29) is 5.76 Å². The van der Waals surface area contributed by atoms with Crippen molar-refractivity contribution in [1.82, 2.24) is 15.0 Å². The molecule has 1 aliphatic rings. The lowest BCUT2D eigenvalue weighted by Gasteiger charge is -2.31. The number of aliphatic carboxylic acids is 1. The van der Waals surface area contributed by atoms with Gasteiger partial charge in [0.2, 0.25) is 5.76 Å². The molecule has 1 saturated heterocycles. The number of aromatic nitrogens is 2. The Morgan fingerprint density at radius 2 is 2.14 bits per heavy atom. The molecule has 7 heteroatoms. The number of likely N-dealkylation sites (tertiary alicyclic amines) is 1. The molecule has 114 valence electrons. The number of carboxylic acid groups (broad SMARTS) is 1. The first-order valence-electron chi connectivity index (χ1n) is 7.08. The summed E-state index contributed by atoms with van der Waals surface area (Å²) >= 11 is 0. The number of carbonyl (C=O) groups is 2. The lowest BCUT2D eigenvalue weighted by molar-refractivity contribution is -0.143. The van der Waals surface area contributed by atoms with Crippen LogP contribution in [0.3, 0.4) is 0 Å². The molecule has 2 aromatic heterocycles. The van der Waals surface area contributed by atoms with Crippen LogP contribution in [0.15, 0.2) is 35.0 Å². The van der Waals surface area contributed by atoms with Gasteiger partial charge in [-0.25, -0.2) is 4.79 Å². The molecule has 1 aliphatic heterocycles. The zero-order valence-electron chi connectivity index (χ0n) is 11.8. The number of amides is 1. The van der Waals surface area contributed by atoms with Gasteiger partial charge in [-0.05, 0) is 31.4 Å². The molecule has 0 bridgehead atoms. The average Bonchev–Trinajstić information content (AvgIpc) is 3.05. The summed E-state index contributed by atoms with van der Waals surface area (Å²) < 4.78 is 5.09. The van der Waals surface area contributed by atoms with Gasteiger partial charge in [-0.15, -0.1) is 0 Å². The molecule has 0 aromatic carbocycles. The van der Waals surface area contributed by atoms with Crippen molar-refractivity contribution in [2.45, 2.75) is 25.3 Å². The minimum absolute atomic E-state index is 0.0359. The number of hydrogen-bond acceptors (Lipinski definition) is 5. The van der Waals surface area contributed by atoms with E-state index in [1.807, 2.05) is 6.07 Å². The summed E-state index contributed by atoms with van der Waals surface area (Å²) in [7, 11) is 0. The Morgan fingerprint density at radius 3 is 2.86 bits per heavy atom. The van der Waals surface area contributed by atoms with Crippen LogP contribution in [0.1, 0.15) is 29.8 Å². The normalized spacial score (nSPS) is 18.2. The number of hydrogen-bond donors (Lipinski definition) is 1. The maximum absolute atomic E-state index is 12.5. The number of carboxylic acids is 1. The minimum Gasteiger partial charge on any atom is -0.480 e. The van der Waals surface area contributed by atoms with Crippen LogP contribution in [0.5, 0.6) is 0 Å². The Morgan fingerprint density at radius 1 is 1.27 bits per heavy atom. The van der Waals surface area contributed by atoms with Crippen LogP contribution < -0.4 is 0 Å². The van der Waals surface area contributed by atoms with E-state index in [2.05, 4.69) is 10.1 Å². The van der Waals surface area contributed by atoms with Gasteiger partial charge >= 0.3 is 5.97 Å². The number of pyridine rings is 1. The van der Waals surface area contributed by atoms with E-state index in [1.54, 1.807) is 18.3 Å². The molecule has 1 N–H and O–H groups in total. The van der Waals surface area contributed by atoms with Crippen molar-refractivity contribution >= 4 is 11.9 Å². The van der Waals surface area contributed by atoms with Gasteiger partial charge in [0.25, 0.3) is 5.91 Å². The molecule has 1 amide bonds. The van der Waals surface area contributed by atoms with E-state index in [4.69, 9.17) is 4.52 Å². The quantitative estimate of drug-likeness (QED) is 0.928. The second kappa shape index (κ2) is 5.97. The molecule has 2 aromatic rings. The Balaban J connectivity index is 1.83. The second-order valence-corrected chi connectivity index (χ2v) is 5.14. The maximum atomic E-state index is 12.5. The highest BCUT2D eigenvalue weighted by molar-refractivity contribution is 5.95. The molecule has 0 aliphatic carbocycles. The van der Waals surface area contributed by atoms with Crippen molar-refractivity contribution < 1.29 is 19.2 Å². The fraction of sp³-hybridized carbons (Fsp3) is 0.333. The van der Waals surface area contributed by atoms with Gasteiger partial charge < -0.3 is 14.5 Å². The van der Waals surface area contributed by atoms with Crippen molar-refractivity contribution in [3.8, 4) is 11.4 Å². The highest BCUT2D eigenvalue weighted by Crippen LogP contribution is 2.22. The molecule has 0 radical (unpaired) electrons. The zero-order chi connectivity index (χ0) is 15.5. The van der Waals surface area contributed by atoms with E-state index >= 15 is 0 Å². The third kappa shape index (κ3) is 2.69. The fourth-order valence-corrected chi connectivity index (χ4v) is 2.58. The molecule has 3 heterocycles. The van der Waals surface area contributed by atoms with Crippen molar-refractivity contribution in [2.75, 3.05) is 6.54 Å². The third-order valence-corrected chi connectivity index (χ3v) is 3.70. The average molecular weight is 301 g/mol. The molecule has 0 spiro atoms. The first-order valence-corrected chi connectivity index (χ1v) is 7.08. The van der Waals surface area contributed by atoms with E-state index in [0.717, 1.165) is 12.8 Å². The fourth-order valence-electron chi connectivity index (χ4n) is 2.58. The van der Waals surface area contributed by atoms with E-state index in [0.29, 0.717) is 24.4 Å². The van der Waals surface area contributed by atoms with Gasteiger partial charge in [0.1, 0.15) is 11.7 Å². The highest BCUT2D eigenvalue weighted by atomic mass is 16.5. The van der Waals surface area contributed by atoms with E-state index in [1.165, 1.54) is 11.0 Å². The monoisotopic (exact) mass is 301 g/mol. The topological polar surface area (TPSA) is 96.5 Å². The molecular formula is C15H15N3O4. The van der Waals surface area contributed by atoms with E-state index in [9.17, 15) is 14.7 Å². The van der Waals surface area contributed by atoms with Gasteiger partial charge in [0, 0.05) is 18.8 Å². The first kappa shape index (κ1) is 14.2. The van der Waals surface area contributed by atoms with Gasteiger partial charge in [-0.1, -0.05) is 11.2 Å². The third-order valence-electron chi connectivity index (χ3n) is 3.70. The van der Waals surface area contributed by atoms with Crippen LogP contribution in [-0.2, 0) is 4.79 Å². The molecular weight excluding hydrogens is 286 g/mol. The maximum Gasteiger partial charge on any atom is 0.326 e. The molecule has 22 heavy (non-hydrogen) atoms. The van der Waals surface area contributed by atoms with Crippen LogP contribution >= 0.6 is 0 Å². The molecule has 1 unspecified atom stereocenters. The summed E-state index contributed by atoms with van der Waals surface area (Å²) in [4.78, 5) is 29.2. The number of piperidine rings is 1. The van der Waals surface area contributed by atoms with Gasteiger partial charge in [-0.3, -0.25) is 9.78 Å². The molecule has 0 saturated carbocycles. The predicted molar refractivity (Wildman–Crippen MR) is 76.0 cm³/mol. The number of nitrogens with zero attached hydrogens (tertiary/aromatic N) is 3. The molecule has 1 fully saturated rings. The lowest BCUT2D eigenvalue weighted by Crippen LogP contribution is -2.47. The summed E-state index contributed by atoms with van der Waals surface area (Å²) in [6, 6.07) is 6.04. The smallest absolute Gasteiger partial charge is 0.326 e. The van der Waals surface area contributed by atoms with Crippen LogP contribution in [0.25, 0.3) is 11.4 Å². The summed E-state index contributed by atoms with van der Waals surface area (Å²) in [5, 5.41) is 13.1.